The molecule has 0 radical (unpaired) electrons. The molecule has 1 fully saturated rings. The van der Waals surface area contributed by atoms with Crippen LogP contribution >= 0.6 is 0 Å². The Balaban J connectivity index is 1.66. The molecule has 2 aromatic carbocycles. The van der Waals surface area contributed by atoms with Crippen molar-refractivity contribution in [3.05, 3.63) is 65.7 Å². The maximum absolute atomic E-state index is 13.5. The highest BCUT2D eigenvalue weighted by atomic mass is 16.6. The molecule has 0 aromatic heterocycles. The minimum Gasteiger partial charge on any atom is -0.489 e. The molecule has 6 heteroatoms. The van der Waals surface area contributed by atoms with Crippen LogP contribution in [0.1, 0.15) is 84.3 Å². The Kier molecular flexibility index (Phi) is 11.9. The van der Waals surface area contributed by atoms with E-state index in [9.17, 15) is 9.59 Å². The minimum atomic E-state index is -0.779. The monoisotopic (exact) mass is 536 g/mol. The molecule has 2 unspecified atom stereocenters. The van der Waals surface area contributed by atoms with Crippen molar-refractivity contribution in [1.82, 2.24) is 10.6 Å². The number of nitrogens with one attached hydrogen (secondary N) is 2. The third kappa shape index (κ3) is 11.4. The lowest BCUT2D eigenvalue weighted by Gasteiger charge is -2.28. The third-order valence-corrected chi connectivity index (χ3v) is 7.02. The first-order valence-corrected chi connectivity index (χ1v) is 14.6. The number of hydrogen-bond acceptors (Lipinski definition) is 5. The Bertz CT molecular complexity index is 1010. The summed E-state index contributed by atoms with van der Waals surface area (Å²) in [5.41, 5.74) is 1.38. The molecule has 2 aromatic rings. The number of benzene rings is 2. The maximum atomic E-state index is 13.5. The molecule has 0 saturated heterocycles. The van der Waals surface area contributed by atoms with Gasteiger partial charge in [0.05, 0.1) is 6.04 Å². The van der Waals surface area contributed by atoms with E-state index >= 15 is 0 Å². The summed E-state index contributed by atoms with van der Waals surface area (Å²) in [6.45, 7) is 11.1. The van der Waals surface area contributed by atoms with Gasteiger partial charge in [-0.3, -0.25) is 4.79 Å². The zero-order valence-electron chi connectivity index (χ0n) is 24.5. The molecule has 0 heterocycles. The Morgan fingerprint density at radius 2 is 1.56 bits per heavy atom. The third-order valence-electron chi connectivity index (χ3n) is 7.02. The lowest BCUT2D eigenvalue weighted by atomic mass is 9.89. The molecule has 39 heavy (non-hydrogen) atoms. The number of ether oxygens (including phenoxy) is 2. The fourth-order valence-corrected chi connectivity index (χ4v) is 4.99. The van der Waals surface area contributed by atoms with Crippen molar-refractivity contribution in [3.8, 4) is 5.75 Å². The summed E-state index contributed by atoms with van der Waals surface area (Å²) in [6.07, 6.45) is 7.34. The van der Waals surface area contributed by atoms with E-state index in [0.717, 1.165) is 23.4 Å². The van der Waals surface area contributed by atoms with Crippen LogP contribution in [0, 0.1) is 11.8 Å². The maximum Gasteiger partial charge on any atom is 0.329 e. The second-order valence-corrected chi connectivity index (χ2v) is 12.3. The van der Waals surface area contributed by atoms with Gasteiger partial charge in [-0.05, 0) is 81.7 Å². The summed E-state index contributed by atoms with van der Waals surface area (Å²) >= 11 is 0. The molecule has 1 aliphatic rings. The van der Waals surface area contributed by atoms with Crippen molar-refractivity contribution < 1.29 is 19.1 Å². The predicted octanol–water partition coefficient (Wildman–Crippen LogP) is 6.22. The second kappa shape index (κ2) is 15.1. The largest absolute Gasteiger partial charge is 0.489 e. The van der Waals surface area contributed by atoms with Gasteiger partial charge in [-0.15, -0.1) is 0 Å². The molecule has 6 nitrogen and oxygen atoms in total. The van der Waals surface area contributed by atoms with E-state index in [1.807, 2.05) is 75.4 Å². The molecule has 3 rings (SSSR count). The smallest absolute Gasteiger partial charge is 0.329 e. The van der Waals surface area contributed by atoms with E-state index in [2.05, 4.69) is 24.5 Å². The molecule has 2 atom stereocenters. The van der Waals surface area contributed by atoms with Gasteiger partial charge in [0.25, 0.3) is 0 Å². The average molecular weight is 537 g/mol. The molecule has 2 N–H and O–H groups in total. The lowest BCUT2D eigenvalue weighted by Crippen LogP contribution is -2.53. The van der Waals surface area contributed by atoms with Crippen LogP contribution in [-0.2, 0) is 27.4 Å². The predicted molar refractivity (Wildman–Crippen MR) is 157 cm³/mol. The Morgan fingerprint density at radius 3 is 2.18 bits per heavy atom. The fraction of sp³-hybridized carbons (Fsp3) is 0.576. The highest BCUT2D eigenvalue weighted by Gasteiger charge is 2.30. The molecular weight excluding hydrogens is 488 g/mol. The molecule has 214 valence electrons. The van der Waals surface area contributed by atoms with Gasteiger partial charge in [-0.1, -0.05) is 75.6 Å². The number of rotatable bonds is 13. The molecule has 1 amide bonds. The van der Waals surface area contributed by atoms with Gasteiger partial charge in [-0.25, -0.2) is 4.79 Å². The molecular formula is C33H48N2O4. The first-order valence-electron chi connectivity index (χ1n) is 14.6. The van der Waals surface area contributed by atoms with Crippen molar-refractivity contribution >= 4 is 11.9 Å². The van der Waals surface area contributed by atoms with Gasteiger partial charge >= 0.3 is 5.97 Å². The normalized spacial score (nSPS) is 15.9. The van der Waals surface area contributed by atoms with Gasteiger partial charge in [0.2, 0.25) is 5.91 Å². The van der Waals surface area contributed by atoms with Crippen LogP contribution in [-0.4, -0.2) is 36.1 Å². The summed E-state index contributed by atoms with van der Waals surface area (Å²) < 4.78 is 11.6. The molecule has 0 spiro atoms. The van der Waals surface area contributed by atoms with Crippen molar-refractivity contribution in [1.29, 1.82) is 0 Å². The van der Waals surface area contributed by atoms with Gasteiger partial charge in [0.1, 0.15) is 24.0 Å². The van der Waals surface area contributed by atoms with Crippen LogP contribution in [0.3, 0.4) is 0 Å². The molecule has 1 aliphatic carbocycles. The Morgan fingerprint density at radius 1 is 0.897 bits per heavy atom. The Hall–Kier alpha value is -2.86. The van der Waals surface area contributed by atoms with Crippen molar-refractivity contribution in [2.45, 2.75) is 104 Å². The summed E-state index contributed by atoms with van der Waals surface area (Å²) in [6, 6.07) is 16.6. The van der Waals surface area contributed by atoms with Crippen molar-refractivity contribution in [2.24, 2.45) is 11.8 Å². The molecule has 0 bridgehead atoms. The molecule has 1 saturated carbocycles. The zero-order chi connectivity index (χ0) is 28.3. The number of carbonyl (C=O) groups excluding carboxylic acids is 2. The Labute approximate surface area is 235 Å². The van der Waals surface area contributed by atoms with Crippen LogP contribution in [0.25, 0.3) is 0 Å². The van der Waals surface area contributed by atoms with Crippen LogP contribution in [0.5, 0.6) is 5.75 Å². The van der Waals surface area contributed by atoms with Gasteiger partial charge < -0.3 is 20.1 Å². The highest BCUT2D eigenvalue weighted by molar-refractivity contribution is 5.87. The van der Waals surface area contributed by atoms with Gasteiger partial charge in [-0.2, -0.15) is 0 Å². The highest BCUT2D eigenvalue weighted by Crippen LogP contribution is 2.23. The van der Waals surface area contributed by atoms with Crippen molar-refractivity contribution in [2.75, 3.05) is 6.54 Å². The molecule has 0 aliphatic heterocycles. The van der Waals surface area contributed by atoms with E-state index in [0.29, 0.717) is 31.3 Å². The summed E-state index contributed by atoms with van der Waals surface area (Å²) in [4.78, 5) is 26.7. The van der Waals surface area contributed by atoms with Crippen LogP contribution in [0.4, 0.5) is 0 Å². The van der Waals surface area contributed by atoms with Crippen molar-refractivity contribution in [3.63, 3.8) is 0 Å². The summed E-state index contributed by atoms with van der Waals surface area (Å²) in [7, 11) is 0. The van der Waals surface area contributed by atoms with E-state index in [-0.39, 0.29) is 11.9 Å². The first kappa shape index (κ1) is 30.7. The van der Waals surface area contributed by atoms with E-state index in [4.69, 9.17) is 9.47 Å². The second-order valence-electron chi connectivity index (χ2n) is 12.3. The first-order chi connectivity index (χ1) is 18.6. The van der Waals surface area contributed by atoms with E-state index in [1.54, 1.807) is 0 Å². The minimum absolute atomic E-state index is 0.141. The SMILES string of the molecule is CC(C)CC(NCC1CCCCC1)C(=O)NC(Cc1ccc(OCc2ccccc2)cc1)C(=O)OC(C)(C)C. The quantitative estimate of drug-likeness (QED) is 0.297. The van der Waals surface area contributed by atoms with E-state index in [1.165, 1.54) is 32.1 Å². The average Bonchev–Trinajstić information content (AvgIpc) is 2.90. The van der Waals surface area contributed by atoms with Crippen LogP contribution in [0.15, 0.2) is 54.6 Å². The summed E-state index contributed by atoms with van der Waals surface area (Å²) in [5, 5.41) is 6.57. The zero-order valence-corrected chi connectivity index (χ0v) is 24.5. The van der Waals surface area contributed by atoms with Gasteiger partial charge in [0, 0.05) is 6.42 Å². The number of carbonyl (C=O) groups is 2. The van der Waals surface area contributed by atoms with Gasteiger partial charge in [0.15, 0.2) is 0 Å². The standard InChI is InChI=1S/C33H48N2O4/c1-24(2)20-29(34-22-26-12-8-6-9-13-26)31(36)35-30(32(37)39-33(3,4)5)21-25-16-18-28(19-17-25)38-23-27-14-10-7-11-15-27/h7,10-11,14-19,24,26,29-30,34H,6,8-9,12-13,20-23H2,1-5H3,(H,35,36). The lowest BCUT2D eigenvalue weighted by molar-refractivity contribution is -0.158. The number of esters is 1. The summed E-state index contributed by atoms with van der Waals surface area (Å²) in [5.74, 6) is 1.16. The topological polar surface area (TPSA) is 76.7 Å². The number of amides is 1. The van der Waals surface area contributed by atoms with Crippen LogP contribution in [0.2, 0.25) is 0 Å². The number of hydrogen-bond donors (Lipinski definition) is 2. The fourth-order valence-electron chi connectivity index (χ4n) is 4.99. The van der Waals surface area contributed by atoms with E-state index < -0.39 is 17.6 Å². The van der Waals surface area contributed by atoms with Crippen LogP contribution < -0.4 is 15.4 Å².